The van der Waals surface area contributed by atoms with Crippen LogP contribution in [0.25, 0.3) is 0 Å². The van der Waals surface area contributed by atoms with E-state index >= 15 is 0 Å². The molecule has 2 N–H and O–H groups in total. The standard InChI is InChI=1S/C13H17N3O2/c1-9(17)11-5-3-10(4-6-11)7-16-12(18)8-15(2)13(16)14/h3-6,9,14,17H,7-8H2,1-2H3. The topological polar surface area (TPSA) is 67.6 Å². The van der Waals surface area contributed by atoms with E-state index in [-0.39, 0.29) is 18.4 Å². The smallest absolute Gasteiger partial charge is 0.249 e. The SMILES string of the molecule is CC(O)c1ccc(CN2C(=N)N(C)CC2=O)cc1. The van der Waals surface area contributed by atoms with Gasteiger partial charge in [0.15, 0.2) is 0 Å². The van der Waals surface area contributed by atoms with Gasteiger partial charge in [-0.1, -0.05) is 24.3 Å². The molecule has 1 heterocycles. The number of rotatable bonds is 3. The number of nitrogens with zero attached hydrogens (tertiary/aromatic N) is 2. The van der Waals surface area contributed by atoms with Crippen molar-refractivity contribution in [2.45, 2.75) is 19.6 Å². The maximum Gasteiger partial charge on any atom is 0.249 e. The second-order valence-electron chi connectivity index (χ2n) is 4.58. The van der Waals surface area contributed by atoms with Gasteiger partial charge in [-0.25, -0.2) is 0 Å². The Morgan fingerprint density at radius 3 is 2.44 bits per heavy atom. The molecule has 1 aliphatic rings. The molecular weight excluding hydrogens is 230 g/mol. The van der Waals surface area contributed by atoms with Crippen molar-refractivity contribution < 1.29 is 9.90 Å². The van der Waals surface area contributed by atoms with Crippen LogP contribution in [0.5, 0.6) is 0 Å². The molecule has 1 atom stereocenters. The lowest BCUT2D eigenvalue weighted by atomic mass is 10.1. The molecule has 1 amide bonds. The third-order valence-corrected chi connectivity index (χ3v) is 3.09. The van der Waals surface area contributed by atoms with Crippen molar-refractivity contribution in [3.05, 3.63) is 35.4 Å². The van der Waals surface area contributed by atoms with Gasteiger partial charge in [-0.3, -0.25) is 15.1 Å². The summed E-state index contributed by atoms with van der Waals surface area (Å²) in [6.07, 6.45) is -0.489. The minimum absolute atomic E-state index is 0.0536. The van der Waals surface area contributed by atoms with Gasteiger partial charge in [-0.05, 0) is 18.1 Å². The largest absolute Gasteiger partial charge is 0.389 e. The second-order valence-corrected chi connectivity index (χ2v) is 4.58. The Kier molecular flexibility index (Phi) is 3.34. The van der Waals surface area contributed by atoms with Crippen LogP contribution in [0, 0.1) is 5.41 Å². The van der Waals surface area contributed by atoms with Crippen molar-refractivity contribution >= 4 is 11.9 Å². The average Bonchev–Trinajstić information content (AvgIpc) is 2.57. The van der Waals surface area contributed by atoms with Gasteiger partial charge in [0.25, 0.3) is 0 Å². The van der Waals surface area contributed by atoms with Crippen molar-refractivity contribution in [1.82, 2.24) is 9.80 Å². The Morgan fingerprint density at radius 1 is 1.39 bits per heavy atom. The number of aliphatic hydroxyl groups excluding tert-OH is 1. The zero-order chi connectivity index (χ0) is 13.3. The van der Waals surface area contributed by atoms with Crippen molar-refractivity contribution in [3.63, 3.8) is 0 Å². The maximum absolute atomic E-state index is 11.7. The summed E-state index contributed by atoms with van der Waals surface area (Å²) >= 11 is 0. The molecule has 0 radical (unpaired) electrons. The summed E-state index contributed by atoms with van der Waals surface area (Å²) in [5, 5.41) is 17.2. The molecule has 1 saturated heterocycles. The van der Waals surface area contributed by atoms with Crippen LogP contribution in [-0.4, -0.2) is 40.4 Å². The number of carbonyl (C=O) groups excluding carboxylic acids is 1. The van der Waals surface area contributed by atoms with E-state index in [0.29, 0.717) is 6.54 Å². The molecule has 1 unspecified atom stereocenters. The normalized spacial score (nSPS) is 17.5. The highest BCUT2D eigenvalue weighted by Gasteiger charge is 2.30. The fourth-order valence-electron chi connectivity index (χ4n) is 1.93. The van der Waals surface area contributed by atoms with Crippen LogP contribution < -0.4 is 0 Å². The average molecular weight is 247 g/mol. The van der Waals surface area contributed by atoms with E-state index in [1.807, 2.05) is 24.3 Å². The summed E-state index contributed by atoms with van der Waals surface area (Å²) in [4.78, 5) is 14.8. The van der Waals surface area contributed by atoms with Gasteiger partial charge in [0.2, 0.25) is 11.9 Å². The van der Waals surface area contributed by atoms with Crippen molar-refractivity contribution in [1.29, 1.82) is 5.41 Å². The highest BCUT2D eigenvalue weighted by atomic mass is 16.3. The molecule has 1 fully saturated rings. The predicted octanol–water partition coefficient (Wildman–Crippen LogP) is 0.949. The fraction of sp³-hybridized carbons (Fsp3) is 0.385. The Bertz CT molecular complexity index is 468. The Labute approximate surface area is 106 Å². The lowest BCUT2D eigenvalue weighted by Crippen LogP contribution is -2.31. The number of carbonyl (C=O) groups is 1. The highest BCUT2D eigenvalue weighted by molar-refractivity contribution is 6.02. The molecule has 1 aliphatic heterocycles. The van der Waals surface area contributed by atoms with Crippen LogP contribution in [0.15, 0.2) is 24.3 Å². The Balaban J connectivity index is 2.10. The summed E-state index contributed by atoms with van der Waals surface area (Å²) in [7, 11) is 1.73. The van der Waals surface area contributed by atoms with Crippen LogP contribution in [0.1, 0.15) is 24.2 Å². The number of hydrogen-bond acceptors (Lipinski definition) is 3. The van der Waals surface area contributed by atoms with E-state index in [0.717, 1.165) is 11.1 Å². The molecule has 0 spiro atoms. The fourth-order valence-corrected chi connectivity index (χ4v) is 1.93. The molecule has 0 saturated carbocycles. The zero-order valence-corrected chi connectivity index (χ0v) is 10.6. The van der Waals surface area contributed by atoms with Crippen LogP contribution >= 0.6 is 0 Å². The van der Waals surface area contributed by atoms with Gasteiger partial charge in [0, 0.05) is 7.05 Å². The van der Waals surface area contributed by atoms with E-state index in [9.17, 15) is 9.90 Å². The molecule has 0 bridgehead atoms. The van der Waals surface area contributed by atoms with Crippen molar-refractivity contribution in [2.24, 2.45) is 0 Å². The van der Waals surface area contributed by atoms with Crippen LogP contribution in [0.4, 0.5) is 0 Å². The minimum Gasteiger partial charge on any atom is -0.389 e. The summed E-state index contributed by atoms with van der Waals surface area (Å²) in [5.41, 5.74) is 1.80. The number of aliphatic hydroxyl groups is 1. The van der Waals surface area contributed by atoms with E-state index in [1.54, 1.807) is 18.9 Å². The first-order valence-corrected chi connectivity index (χ1v) is 5.86. The van der Waals surface area contributed by atoms with E-state index in [4.69, 9.17) is 5.41 Å². The van der Waals surface area contributed by atoms with Gasteiger partial charge < -0.3 is 10.0 Å². The van der Waals surface area contributed by atoms with Crippen LogP contribution in [0.2, 0.25) is 0 Å². The summed E-state index contributed by atoms with van der Waals surface area (Å²) < 4.78 is 0. The summed E-state index contributed by atoms with van der Waals surface area (Å²) in [6, 6.07) is 7.43. The molecule has 5 heteroatoms. The quantitative estimate of drug-likeness (QED) is 0.835. The first kappa shape index (κ1) is 12.6. The van der Waals surface area contributed by atoms with Gasteiger partial charge in [-0.2, -0.15) is 0 Å². The summed E-state index contributed by atoms with van der Waals surface area (Å²) in [5.74, 6) is 0.182. The number of likely N-dealkylation sites (N-methyl/N-ethyl adjacent to an activating group) is 1. The molecule has 5 nitrogen and oxygen atoms in total. The van der Waals surface area contributed by atoms with Crippen LogP contribution in [0.3, 0.4) is 0 Å². The van der Waals surface area contributed by atoms with E-state index in [1.165, 1.54) is 4.90 Å². The zero-order valence-electron chi connectivity index (χ0n) is 10.6. The number of guanidine groups is 1. The molecule has 0 aliphatic carbocycles. The number of benzene rings is 1. The monoisotopic (exact) mass is 247 g/mol. The molecule has 1 aromatic carbocycles. The second kappa shape index (κ2) is 4.78. The lowest BCUT2D eigenvalue weighted by molar-refractivity contribution is -0.125. The van der Waals surface area contributed by atoms with E-state index < -0.39 is 6.10 Å². The van der Waals surface area contributed by atoms with Gasteiger partial charge in [0.1, 0.15) is 0 Å². The number of amides is 1. The summed E-state index contributed by atoms with van der Waals surface area (Å²) in [6.45, 7) is 2.39. The Morgan fingerprint density at radius 2 is 2.00 bits per heavy atom. The van der Waals surface area contributed by atoms with Gasteiger partial charge >= 0.3 is 0 Å². The number of nitrogens with one attached hydrogen (secondary N) is 1. The third kappa shape index (κ3) is 2.36. The molecular formula is C13H17N3O2. The first-order valence-electron chi connectivity index (χ1n) is 5.86. The third-order valence-electron chi connectivity index (χ3n) is 3.09. The maximum atomic E-state index is 11.7. The lowest BCUT2D eigenvalue weighted by Gasteiger charge is -2.17. The highest BCUT2D eigenvalue weighted by Crippen LogP contribution is 2.16. The molecule has 1 aromatic rings. The van der Waals surface area contributed by atoms with E-state index in [2.05, 4.69) is 0 Å². The van der Waals surface area contributed by atoms with Crippen LogP contribution in [-0.2, 0) is 11.3 Å². The van der Waals surface area contributed by atoms with Gasteiger partial charge in [0.05, 0.1) is 19.2 Å². The molecule has 96 valence electrons. The van der Waals surface area contributed by atoms with Crippen molar-refractivity contribution in [2.75, 3.05) is 13.6 Å². The first-order chi connectivity index (χ1) is 8.49. The number of hydrogen-bond donors (Lipinski definition) is 2. The predicted molar refractivity (Wildman–Crippen MR) is 68.0 cm³/mol. The molecule has 2 rings (SSSR count). The van der Waals surface area contributed by atoms with Gasteiger partial charge in [-0.15, -0.1) is 0 Å². The molecule has 0 aromatic heterocycles. The van der Waals surface area contributed by atoms with Crippen molar-refractivity contribution in [3.8, 4) is 0 Å². The Hall–Kier alpha value is -1.88. The molecule has 18 heavy (non-hydrogen) atoms. The minimum atomic E-state index is -0.489.